The standard InChI is InChI=1S/C24H28FN3O3/c1-23(2,3)31-22(30)28-13-4-6-16-14-17(7-9-19(16)28)24(11-5-12-24)21(29)27-20-10-8-18(25)15-26-20/h7-10,14-15H,4-6,11-13H2,1-3H3,(H,26,27,29). The molecule has 0 atom stereocenters. The Balaban J connectivity index is 1.59. The highest BCUT2D eigenvalue weighted by Crippen LogP contribution is 2.46. The van der Waals surface area contributed by atoms with Crippen LogP contribution in [0, 0.1) is 5.82 Å². The van der Waals surface area contributed by atoms with E-state index in [9.17, 15) is 14.0 Å². The number of benzene rings is 1. The molecular formula is C24H28FN3O3. The molecule has 164 valence electrons. The summed E-state index contributed by atoms with van der Waals surface area (Å²) < 4.78 is 18.7. The Bertz CT molecular complexity index is 994. The van der Waals surface area contributed by atoms with Gasteiger partial charge in [0.05, 0.1) is 17.3 Å². The minimum absolute atomic E-state index is 0.127. The summed E-state index contributed by atoms with van der Waals surface area (Å²) in [7, 11) is 0. The normalized spacial score (nSPS) is 17.4. The molecular weight excluding hydrogens is 397 g/mol. The summed E-state index contributed by atoms with van der Waals surface area (Å²) in [6, 6.07) is 8.67. The molecule has 0 spiro atoms. The third-order valence-electron chi connectivity index (χ3n) is 5.98. The van der Waals surface area contributed by atoms with E-state index in [1.165, 1.54) is 12.1 Å². The Hall–Kier alpha value is -2.96. The van der Waals surface area contributed by atoms with Gasteiger partial charge in [-0.05, 0) is 75.8 Å². The second-order valence-corrected chi connectivity index (χ2v) is 9.33. The van der Waals surface area contributed by atoms with Gasteiger partial charge in [-0.15, -0.1) is 0 Å². The number of carbonyl (C=O) groups excluding carboxylic acids is 2. The Labute approximate surface area is 181 Å². The summed E-state index contributed by atoms with van der Waals surface area (Å²) in [6.07, 6.45) is 4.88. The molecule has 1 aliphatic carbocycles. The Morgan fingerprint density at radius 2 is 1.94 bits per heavy atom. The third-order valence-corrected chi connectivity index (χ3v) is 5.98. The number of amides is 2. The van der Waals surface area contributed by atoms with Crippen molar-refractivity contribution in [2.75, 3.05) is 16.8 Å². The molecule has 1 aliphatic heterocycles. The number of nitrogens with one attached hydrogen (secondary N) is 1. The van der Waals surface area contributed by atoms with Gasteiger partial charge in [-0.3, -0.25) is 9.69 Å². The maximum Gasteiger partial charge on any atom is 0.414 e. The number of pyridine rings is 1. The first-order valence-corrected chi connectivity index (χ1v) is 10.7. The lowest BCUT2D eigenvalue weighted by atomic mass is 9.63. The van der Waals surface area contributed by atoms with Crippen molar-refractivity contribution in [2.24, 2.45) is 0 Å². The van der Waals surface area contributed by atoms with E-state index >= 15 is 0 Å². The van der Waals surface area contributed by atoms with Gasteiger partial charge in [0, 0.05) is 6.54 Å². The predicted octanol–water partition coefficient (Wildman–Crippen LogP) is 4.97. The van der Waals surface area contributed by atoms with E-state index in [4.69, 9.17) is 4.74 Å². The molecule has 1 aromatic carbocycles. The van der Waals surface area contributed by atoms with Crippen LogP contribution in [0.3, 0.4) is 0 Å². The summed E-state index contributed by atoms with van der Waals surface area (Å²) >= 11 is 0. The number of anilines is 2. The minimum Gasteiger partial charge on any atom is -0.443 e. The topological polar surface area (TPSA) is 71.5 Å². The number of hydrogen-bond acceptors (Lipinski definition) is 4. The lowest BCUT2D eigenvalue weighted by Crippen LogP contribution is -2.46. The lowest BCUT2D eigenvalue weighted by Gasteiger charge is -2.41. The number of rotatable bonds is 3. The molecule has 2 aromatic rings. The summed E-state index contributed by atoms with van der Waals surface area (Å²) in [5.41, 5.74) is 1.66. The van der Waals surface area contributed by atoms with Gasteiger partial charge in [0.2, 0.25) is 5.91 Å². The Morgan fingerprint density at radius 3 is 2.55 bits per heavy atom. The van der Waals surface area contributed by atoms with Gasteiger partial charge in [-0.2, -0.15) is 0 Å². The molecule has 2 heterocycles. The van der Waals surface area contributed by atoms with Crippen molar-refractivity contribution < 1.29 is 18.7 Å². The lowest BCUT2D eigenvalue weighted by molar-refractivity contribution is -0.124. The van der Waals surface area contributed by atoms with Crippen LogP contribution in [0.1, 0.15) is 57.6 Å². The highest BCUT2D eigenvalue weighted by atomic mass is 19.1. The quantitative estimate of drug-likeness (QED) is 0.754. The maximum atomic E-state index is 13.2. The number of ether oxygens (including phenoxy) is 1. The molecule has 1 saturated carbocycles. The van der Waals surface area contributed by atoms with Gasteiger partial charge in [0.15, 0.2) is 0 Å². The zero-order valence-electron chi connectivity index (χ0n) is 18.2. The van der Waals surface area contributed by atoms with Crippen LogP contribution in [0.2, 0.25) is 0 Å². The van der Waals surface area contributed by atoms with Gasteiger partial charge < -0.3 is 10.1 Å². The average Bonchev–Trinajstić information content (AvgIpc) is 2.67. The maximum absolute atomic E-state index is 13.2. The highest BCUT2D eigenvalue weighted by molar-refractivity contribution is 5.99. The zero-order valence-corrected chi connectivity index (χ0v) is 18.2. The number of hydrogen-bond donors (Lipinski definition) is 1. The van der Waals surface area contributed by atoms with Crippen LogP contribution in [0.4, 0.5) is 20.7 Å². The predicted molar refractivity (Wildman–Crippen MR) is 117 cm³/mol. The zero-order chi connectivity index (χ0) is 22.2. The van der Waals surface area contributed by atoms with Gasteiger partial charge in [0.1, 0.15) is 17.2 Å². The molecule has 4 rings (SSSR count). The molecule has 1 aromatic heterocycles. The van der Waals surface area contributed by atoms with Gasteiger partial charge in [0.25, 0.3) is 0 Å². The number of aromatic nitrogens is 1. The van der Waals surface area contributed by atoms with E-state index in [0.717, 1.165) is 55.1 Å². The first-order valence-electron chi connectivity index (χ1n) is 10.7. The molecule has 1 fully saturated rings. The molecule has 1 N–H and O–H groups in total. The number of nitrogens with zero attached hydrogens (tertiary/aromatic N) is 2. The van der Waals surface area contributed by atoms with Crippen LogP contribution in [0.15, 0.2) is 36.5 Å². The largest absolute Gasteiger partial charge is 0.443 e. The van der Waals surface area contributed by atoms with E-state index in [0.29, 0.717) is 12.4 Å². The Kier molecular flexibility index (Phi) is 5.45. The number of carbonyl (C=O) groups is 2. The number of aryl methyl sites for hydroxylation is 1. The first-order chi connectivity index (χ1) is 14.7. The first kappa shape index (κ1) is 21.3. The fourth-order valence-electron chi connectivity index (χ4n) is 4.26. The number of halogens is 1. The minimum atomic E-state index is -0.626. The molecule has 7 heteroatoms. The van der Waals surface area contributed by atoms with Crippen molar-refractivity contribution in [2.45, 2.75) is 63.9 Å². The van der Waals surface area contributed by atoms with E-state index in [1.54, 1.807) is 4.90 Å². The van der Waals surface area contributed by atoms with E-state index in [2.05, 4.69) is 16.4 Å². The molecule has 0 bridgehead atoms. The van der Waals surface area contributed by atoms with E-state index < -0.39 is 16.8 Å². The van der Waals surface area contributed by atoms with Crippen molar-refractivity contribution >= 4 is 23.5 Å². The molecule has 2 amide bonds. The Morgan fingerprint density at radius 1 is 1.16 bits per heavy atom. The summed E-state index contributed by atoms with van der Waals surface area (Å²) in [5.74, 6) is -0.232. The molecule has 0 saturated heterocycles. The van der Waals surface area contributed by atoms with Gasteiger partial charge >= 0.3 is 6.09 Å². The monoisotopic (exact) mass is 425 g/mol. The fraction of sp³-hybridized carbons (Fsp3) is 0.458. The smallest absolute Gasteiger partial charge is 0.414 e. The molecule has 0 radical (unpaired) electrons. The van der Waals surface area contributed by atoms with E-state index in [1.807, 2.05) is 32.9 Å². The molecule has 2 aliphatic rings. The molecule has 31 heavy (non-hydrogen) atoms. The highest BCUT2D eigenvalue weighted by Gasteiger charge is 2.46. The van der Waals surface area contributed by atoms with Crippen LogP contribution < -0.4 is 10.2 Å². The SMILES string of the molecule is CC(C)(C)OC(=O)N1CCCc2cc(C3(C(=O)Nc4ccc(F)cn4)CCC3)ccc21. The summed E-state index contributed by atoms with van der Waals surface area (Å²) in [5, 5.41) is 2.84. The van der Waals surface area contributed by atoms with Gasteiger partial charge in [-0.1, -0.05) is 18.6 Å². The molecule has 6 nitrogen and oxygen atoms in total. The summed E-state index contributed by atoms with van der Waals surface area (Å²) in [6.45, 7) is 6.18. The van der Waals surface area contributed by atoms with Crippen molar-refractivity contribution in [3.05, 3.63) is 53.5 Å². The van der Waals surface area contributed by atoms with Crippen LogP contribution in [-0.4, -0.2) is 29.1 Å². The third kappa shape index (κ3) is 4.27. The van der Waals surface area contributed by atoms with Crippen molar-refractivity contribution in [3.8, 4) is 0 Å². The van der Waals surface area contributed by atoms with Crippen LogP contribution in [-0.2, 0) is 21.4 Å². The second kappa shape index (κ2) is 7.94. The van der Waals surface area contributed by atoms with Gasteiger partial charge in [-0.25, -0.2) is 14.2 Å². The fourth-order valence-corrected chi connectivity index (χ4v) is 4.26. The number of fused-ring (bicyclic) bond motifs is 1. The summed E-state index contributed by atoms with van der Waals surface area (Å²) in [4.78, 5) is 31.5. The van der Waals surface area contributed by atoms with Crippen molar-refractivity contribution in [1.29, 1.82) is 0 Å². The van der Waals surface area contributed by atoms with E-state index in [-0.39, 0.29) is 12.0 Å². The second-order valence-electron chi connectivity index (χ2n) is 9.33. The average molecular weight is 426 g/mol. The molecule has 0 unspecified atom stereocenters. The van der Waals surface area contributed by atoms with Crippen LogP contribution in [0.5, 0.6) is 0 Å². The van der Waals surface area contributed by atoms with Crippen molar-refractivity contribution in [1.82, 2.24) is 4.98 Å². The van der Waals surface area contributed by atoms with Crippen LogP contribution >= 0.6 is 0 Å². The van der Waals surface area contributed by atoms with Crippen LogP contribution in [0.25, 0.3) is 0 Å². The van der Waals surface area contributed by atoms with Crippen molar-refractivity contribution in [3.63, 3.8) is 0 Å².